The fraction of sp³-hybridized carbons (Fsp3) is 1.00. The highest BCUT2D eigenvalue weighted by Gasteiger charge is 2.42. The van der Waals surface area contributed by atoms with Crippen molar-refractivity contribution < 1.29 is 5.11 Å². The van der Waals surface area contributed by atoms with Crippen molar-refractivity contribution in [3.05, 3.63) is 0 Å². The topological polar surface area (TPSA) is 23.5 Å². The fourth-order valence-electron chi connectivity index (χ4n) is 3.40. The molecule has 0 aromatic heterocycles. The first-order valence-electron chi connectivity index (χ1n) is 6.71. The molecule has 2 unspecified atom stereocenters. The summed E-state index contributed by atoms with van der Waals surface area (Å²) in [6, 6.07) is 0. The summed E-state index contributed by atoms with van der Waals surface area (Å²) in [7, 11) is 0. The molecule has 2 aliphatic rings. The Morgan fingerprint density at radius 2 is 1.88 bits per heavy atom. The van der Waals surface area contributed by atoms with Crippen LogP contribution in [0.25, 0.3) is 0 Å². The molecule has 0 aromatic rings. The van der Waals surface area contributed by atoms with Gasteiger partial charge in [0.25, 0.3) is 0 Å². The maximum Gasteiger partial charge on any atom is 0.0631 e. The van der Waals surface area contributed by atoms with Crippen LogP contribution in [0.2, 0.25) is 0 Å². The van der Waals surface area contributed by atoms with Crippen molar-refractivity contribution >= 4 is 0 Å². The van der Waals surface area contributed by atoms with Crippen LogP contribution < -0.4 is 0 Å². The molecule has 1 N–H and O–H groups in total. The molecule has 1 saturated heterocycles. The lowest BCUT2D eigenvalue weighted by Gasteiger charge is -2.28. The third kappa shape index (κ3) is 2.43. The van der Waals surface area contributed by atoms with E-state index in [1.807, 2.05) is 0 Å². The third-order valence-electron chi connectivity index (χ3n) is 4.66. The predicted molar refractivity (Wildman–Crippen MR) is 67.3 cm³/mol. The highest BCUT2D eigenvalue weighted by Crippen LogP contribution is 2.42. The summed E-state index contributed by atoms with van der Waals surface area (Å²) < 4.78 is 0. The molecule has 2 rings (SSSR count). The highest BCUT2D eigenvalue weighted by molar-refractivity contribution is 4.93. The average Bonchev–Trinajstić information content (AvgIpc) is 2.61. The first-order valence-corrected chi connectivity index (χ1v) is 6.71. The van der Waals surface area contributed by atoms with Crippen LogP contribution in [0.3, 0.4) is 0 Å². The van der Waals surface area contributed by atoms with Crippen LogP contribution in [0.5, 0.6) is 0 Å². The number of aliphatic hydroxyl groups excluding tert-OH is 1. The summed E-state index contributed by atoms with van der Waals surface area (Å²) in [6.45, 7) is 12.6. The van der Waals surface area contributed by atoms with Crippen molar-refractivity contribution in [2.45, 2.75) is 53.1 Å². The third-order valence-corrected chi connectivity index (χ3v) is 4.66. The van der Waals surface area contributed by atoms with Gasteiger partial charge in [0.15, 0.2) is 0 Å². The summed E-state index contributed by atoms with van der Waals surface area (Å²) in [5, 5.41) is 10.3. The number of rotatable bonds is 2. The van der Waals surface area contributed by atoms with Crippen LogP contribution in [-0.4, -0.2) is 35.7 Å². The van der Waals surface area contributed by atoms with Gasteiger partial charge in [-0.3, -0.25) is 0 Å². The van der Waals surface area contributed by atoms with Gasteiger partial charge >= 0.3 is 0 Å². The molecule has 0 radical (unpaired) electrons. The van der Waals surface area contributed by atoms with Crippen molar-refractivity contribution in [1.82, 2.24) is 4.90 Å². The second kappa shape index (κ2) is 3.99. The van der Waals surface area contributed by atoms with E-state index in [2.05, 4.69) is 32.6 Å². The van der Waals surface area contributed by atoms with Gasteiger partial charge in [0.1, 0.15) is 0 Å². The molecular formula is C14H27NO. The van der Waals surface area contributed by atoms with Gasteiger partial charge in [-0.25, -0.2) is 0 Å². The normalized spacial score (nSPS) is 38.1. The van der Waals surface area contributed by atoms with Gasteiger partial charge in [-0.05, 0) is 42.6 Å². The average molecular weight is 225 g/mol. The van der Waals surface area contributed by atoms with Gasteiger partial charge in [0, 0.05) is 13.1 Å². The zero-order valence-electron chi connectivity index (χ0n) is 11.3. The van der Waals surface area contributed by atoms with Crippen molar-refractivity contribution in [2.24, 2.45) is 16.7 Å². The number of nitrogens with zero attached hydrogens (tertiary/aromatic N) is 1. The zero-order chi connectivity index (χ0) is 12.0. The van der Waals surface area contributed by atoms with Gasteiger partial charge in [0.2, 0.25) is 0 Å². The monoisotopic (exact) mass is 225 g/mol. The van der Waals surface area contributed by atoms with E-state index in [1.54, 1.807) is 0 Å². The minimum Gasteiger partial charge on any atom is -0.392 e. The standard InChI is InChI=1S/C14H27NO/c1-13(2)7-8-15(10-13)9-11-5-6-14(3,4)12(11)16/h11-12,16H,5-10H2,1-4H3. The molecule has 1 aliphatic heterocycles. The van der Waals surface area contributed by atoms with E-state index in [0.29, 0.717) is 11.3 Å². The number of aliphatic hydroxyl groups is 1. The van der Waals surface area contributed by atoms with Crippen molar-refractivity contribution in [3.63, 3.8) is 0 Å². The quantitative estimate of drug-likeness (QED) is 0.780. The molecular weight excluding hydrogens is 198 g/mol. The molecule has 2 nitrogen and oxygen atoms in total. The molecule has 1 aliphatic carbocycles. The lowest BCUT2D eigenvalue weighted by atomic mass is 9.87. The minimum atomic E-state index is -0.101. The summed E-state index contributed by atoms with van der Waals surface area (Å²) >= 11 is 0. The van der Waals surface area contributed by atoms with Crippen molar-refractivity contribution in [2.75, 3.05) is 19.6 Å². The summed E-state index contributed by atoms with van der Waals surface area (Å²) in [4.78, 5) is 2.55. The van der Waals surface area contributed by atoms with E-state index in [4.69, 9.17) is 0 Å². The Balaban J connectivity index is 1.88. The second-order valence-electron chi connectivity index (χ2n) is 7.38. The Kier molecular flexibility index (Phi) is 3.09. The minimum absolute atomic E-state index is 0.101. The molecule has 2 fully saturated rings. The number of hydrogen-bond acceptors (Lipinski definition) is 2. The predicted octanol–water partition coefficient (Wildman–Crippen LogP) is 2.52. The second-order valence-corrected chi connectivity index (χ2v) is 7.38. The Bertz CT molecular complexity index is 259. The Morgan fingerprint density at radius 3 is 2.31 bits per heavy atom. The molecule has 2 atom stereocenters. The van der Waals surface area contributed by atoms with Gasteiger partial charge in [0.05, 0.1) is 6.10 Å². The van der Waals surface area contributed by atoms with Crippen LogP contribution in [0.4, 0.5) is 0 Å². The molecule has 16 heavy (non-hydrogen) atoms. The highest BCUT2D eigenvalue weighted by atomic mass is 16.3. The first-order chi connectivity index (χ1) is 7.30. The maximum atomic E-state index is 10.3. The van der Waals surface area contributed by atoms with Crippen LogP contribution in [0.15, 0.2) is 0 Å². The van der Waals surface area contributed by atoms with E-state index >= 15 is 0 Å². The Labute approximate surface area is 100 Å². The molecule has 2 heteroatoms. The fourth-order valence-corrected chi connectivity index (χ4v) is 3.40. The van der Waals surface area contributed by atoms with E-state index < -0.39 is 0 Å². The summed E-state index contributed by atoms with van der Waals surface area (Å²) in [6.07, 6.45) is 3.58. The molecule has 94 valence electrons. The first kappa shape index (κ1) is 12.4. The molecule has 0 bridgehead atoms. The molecule has 0 spiro atoms. The van der Waals surface area contributed by atoms with E-state index in [9.17, 15) is 5.11 Å². The zero-order valence-corrected chi connectivity index (χ0v) is 11.3. The maximum absolute atomic E-state index is 10.3. The molecule has 1 heterocycles. The number of hydrogen-bond donors (Lipinski definition) is 1. The van der Waals surface area contributed by atoms with E-state index in [0.717, 1.165) is 6.54 Å². The van der Waals surface area contributed by atoms with E-state index in [1.165, 1.54) is 32.4 Å². The molecule has 0 amide bonds. The Morgan fingerprint density at radius 1 is 1.19 bits per heavy atom. The van der Waals surface area contributed by atoms with E-state index in [-0.39, 0.29) is 11.5 Å². The van der Waals surface area contributed by atoms with Gasteiger partial charge in [-0.2, -0.15) is 0 Å². The SMILES string of the molecule is CC1(C)CCN(CC2CCC(C)(C)C2O)C1. The lowest BCUT2D eigenvalue weighted by molar-refractivity contribution is 0.0344. The van der Waals surface area contributed by atoms with Crippen LogP contribution >= 0.6 is 0 Å². The van der Waals surface area contributed by atoms with Gasteiger partial charge in [-0.1, -0.05) is 27.7 Å². The summed E-state index contributed by atoms with van der Waals surface area (Å²) in [5.41, 5.74) is 0.624. The summed E-state index contributed by atoms with van der Waals surface area (Å²) in [5.74, 6) is 0.504. The van der Waals surface area contributed by atoms with Gasteiger partial charge in [-0.15, -0.1) is 0 Å². The van der Waals surface area contributed by atoms with Crippen LogP contribution in [-0.2, 0) is 0 Å². The lowest BCUT2D eigenvalue weighted by Crippen LogP contribution is -2.36. The van der Waals surface area contributed by atoms with Crippen molar-refractivity contribution in [3.8, 4) is 0 Å². The molecule has 1 saturated carbocycles. The Hall–Kier alpha value is -0.0800. The van der Waals surface area contributed by atoms with Crippen molar-refractivity contribution in [1.29, 1.82) is 0 Å². The smallest absolute Gasteiger partial charge is 0.0631 e. The number of likely N-dealkylation sites (tertiary alicyclic amines) is 1. The van der Waals surface area contributed by atoms with Gasteiger partial charge < -0.3 is 10.0 Å². The molecule has 0 aromatic carbocycles. The van der Waals surface area contributed by atoms with Crippen LogP contribution in [0, 0.1) is 16.7 Å². The van der Waals surface area contributed by atoms with Crippen LogP contribution in [0.1, 0.15) is 47.0 Å². The largest absolute Gasteiger partial charge is 0.392 e.